The fourth-order valence-corrected chi connectivity index (χ4v) is 0.393. The van der Waals surface area contributed by atoms with Gasteiger partial charge in [0.2, 0.25) is 0 Å². The number of carboxylic acids is 1. The van der Waals surface area contributed by atoms with E-state index in [4.69, 9.17) is 10.2 Å². The van der Waals surface area contributed by atoms with Gasteiger partial charge in [0.1, 0.15) is 0 Å². The standard InChI is InChI=1S/C5H7F3O3/c1-2(5(6,7)8)3(9)4(10)11/h2-3,9H,1H3,(H,10,11). The average molecular weight is 172 g/mol. The Kier molecular flexibility index (Phi) is 2.86. The normalized spacial score (nSPS) is 17.5. The Balaban J connectivity index is 4.25. The van der Waals surface area contributed by atoms with E-state index in [2.05, 4.69) is 0 Å². The molecule has 0 saturated heterocycles. The topological polar surface area (TPSA) is 57.5 Å². The number of rotatable bonds is 2. The molecular formula is C5H7F3O3. The van der Waals surface area contributed by atoms with Crippen LogP contribution in [0.2, 0.25) is 0 Å². The van der Waals surface area contributed by atoms with Crippen molar-refractivity contribution >= 4 is 5.97 Å². The summed E-state index contributed by atoms with van der Waals surface area (Å²) in [6.07, 6.45) is -7.05. The molecule has 0 aromatic heterocycles. The Bertz CT molecular complexity index is 154. The van der Waals surface area contributed by atoms with Crippen LogP contribution in [-0.4, -0.2) is 28.5 Å². The monoisotopic (exact) mass is 172 g/mol. The SMILES string of the molecule is CC(C(O)C(=O)O)C(F)(F)F. The minimum atomic E-state index is -4.67. The zero-order chi connectivity index (χ0) is 9.23. The maximum Gasteiger partial charge on any atom is 0.394 e. The summed E-state index contributed by atoms with van der Waals surface area (Å²) >= 11 is 0. The molecule has 0 aromatic carbocycles. The highest BCUT2D eigenvalue weighted by molar-refractivity contribution is 5.72. The molecule has 6 heteroatoms. The quantitative estimate of drug-likeness (QED) is 0.642. The Hall–Kier alpha value is -0.780. The molecule has 66 valence electrons. The highest BCUT2D eigenvalue weighted by Gasteiger charge is 2.43. The van der Waals surface area contributed by atoms with Gasteiger partial charge in [-0.3, -0.25) is 0 Å². The number of hydrogen-bond donors (Lipinski definition) is 2. The maximum atomic E-state index is 11.6. The van der Waals surface area contributed by atoms with Crippen molar-refractivity contribution in [2.45, 2.75) is 19.2 Å². The lowest BCUT2D eigenvalue weighted by molar-refractivity contribution is -0.202. The number of aliphatic hydroxyl groups is 1. The Labute approximate surface area is 60.4 Å². The molecule has 0 aliphatic rings. The molecule has 0 aromatic rings. The summed E-state index contributed by atoms with van der Waals surface area (Å²) in [4.78, 5) is 9.84. The zero-order valence-corrected chi connectivity index (χ0v) is 5.59. The van der Waals surface area contributed by atoms with Gasteiger partial charge in [-0.2, -0.15) is 13.2 Å². The van der Waals surface area contributed by atoms with E-state index in [1.54, 1.807) is 0 Å². The zero-order valence-electron chi connectivity index (χ0n) is 5.59. The van der Waals surface area contributed by atoms with E-state index in [0.29, 0.717) is 6.92 Å². The number of halogens is 3. The minimum absolute atomic E-state index is 0.610. The van der Waals surface area contributed by atoms with Gasteiger partial charge in [0, 0.05) is 0 Å². The van der Waals surface area contributed by atoms with Gasteiger partial charge in [-0.1, -0.05) is 6.92 Å². The van der Waals surface area contributed by atoms with Crippen molar-refractivity contribution in [1.29, 1.82) is 0 Å². The van der Waals surface area contributed by atoms with Crippen molar-refractivity contribution < 1.29 is 28.2 Å². The predicted octanol–water partition coefficient (Wildman–Crippen LogP) is 0.630. The molecule has 0 heterocycles. The van der Waals surface area contributed by atoms with Gasteiger partial charge in [-0.05, 0) is 0 Å². The van der Waals surface area contributed by atoms with Crippen molar-refractivity contribution in [3.8, 4) is 0 Å². The molecule has 2 N–H and O–H groups in total. The molecule has 0 aliphatic carbocycles. The lowest BCUT2D eigenvalue weighted by atomic mass is 10.1. The molecule has 2 atom stereocenters. The highest BCUT2D eigenvalue weighted by Crippen LogP contribution is 2.28. The summed E-state index contributed by atoms with van der Waals surface area (Å²) in [5.41, 5.74) is 0. The average Bonchev–Trinajstić information content (AvgIpc) is 1.82. The lowest BCUT2D eigenvalue weighted by Gasteiger charge is -2.17. The van der Waals surface area contributed by atoms with Crippen LogP contribution < -0.4 is 0 Å². The first kappa shape index (κ1) is 10.2. The molecule has 11 heavy (non-hydrogen) atoms. The van der Waals surface area contributed by atoms with Crippen molar-refractivity contribution in [3.63, 3.8) is 0 Å². The van der Waals surface area contributed by atoms with Gasteiger partial charge in [0.15, 0.2) is 6.10 Å². The van der Waals surface area contributed by atoms with Gasteiger partial charge >= 0.3 is 12.1 Å². The van der Waals surface area contributed by atoms with Crippen LogP contribution in [0, 0.1) is 5.92 Å². The van der Waals surface area contributed by atoms with E-state index in [9.17, 15) is 18.0 Å². The van der Waals surface area contributed by atoms with E-state index in [1.807, 2.05) is 0 Å². The molecule has 0 spiro atoms. The van der Waals surface area contributed by atoms with Crippen LogP contribution in [0.5, 0.6) is 0 Å². The molecule has 0 aliphatic heterocycles. The molecule has 0 rings (SSSR count). The number of aliphatic carboxylic acids is 1. The summed E-state index contributed by atoms with van der Waals surface area (Å²) in [6.45, 7) is 0.610. The van der Waals surface area contributed by atoms with Crippen molar-refractivity contribution in [3.05, 3.63) is 0 Å². The summed E-state index contributed by atoms with van der Waals surface area (Å²) in [6, 6.07) is 0. The minimum Gasteiger partial charge on any atom is -0.479 e. The molecule has 0 radical (unpaired) electrons. The fraction of sp³-hybridized carbons (Fsp3) is 0.800. The van der Waals surface area contributed by atoms with E-state index in [0.717, 1.165) is 0 Å². The Morgan fingerprint density at radius 3 is 1.91 bits per heavy atom. The maximum absolute atomic E-state index is 11.6. The molecule has 0 fully saturated rings. The molecule has 0 amide bonds. The van der Waals surface area contributed by atoms with E-state index < -0.39 is 24.2 Å². The fourth-order valence-electron chi connectivity index (χ4n) is 0.393. The number of hydrogen-bond acceptors (Lipinski definition) is 2. The van der Waals surface area contributed by atoms with Crippen molar-refractivity contribution in [1.82, 2.24) is 0 Å². The predicted molar refractivity (Wildman–Crippen MR) is 28.9 cm³/mol. The van der Waals surface area contributed by atoms with Crippen LogP contribution in [0.1, 0.15) is 6.92 Å². The van der Waals surface area contributed by atoms with Gasteiger partial charge in [0.25, 0.3) is 0 Å². The third kappa shape index (κ3) is 2.75. The van der Waals surface area contributed by atoms with E-state index in [-0.39, 0.29) is 0 Å². The number of carbonyl (C=O) groups is 1. The number of carboxylic acid groups (broad SMARTS) is 1. The van der Waals surface area contributed by atoms with Crippen molar-refractivity contribution in [2.75, 3.05) is 0 Å². The number of alkyl halides is 3. The second-order valence-electron chi connectivity index (χ2n) is 2.11. The molecule has 3 nitrogen and oxygen atoms in total. The summed E-state index contributed by atoms with van der Waals surface area (Å²) in [5, 5.41) is 16.4. The summed E-state index contributed by atoms with van der Waals surface area (Å²) < 4.78 is 34.9. The van der Waals surface area contributed by atoms with Gasteiger partial charge in [-0.25, -0.2) is 4.79 Å². The van der Waals surface area contributed by atoms with Crippen LogP contribution in [0.4, 0.5) is 13.2 Å². The molecule has 0 bridgehead atoms. The van der Waals surface area contributed by atoms with Crippen LogP contribution >= 0.6 is 0 Å². The van der Waals surface area contributed by atoms with Crippen LogP contribution in [0.25, 0.3) is 0 Å². The summed E-state index contributed by atoms with van der Waals surface area (Å²) in [7, 11) is 0. The van der Waals surface area contributed by atoms with Crippen molar-refractivity contribution in [2.24, 2.45) is 5.92 Å². The molecule has 0 saturated carbocycles. The van der Waals surface area contributed by atoms with Crippen LogP contribution in [0.15, 0.2) is 0 Å². The second-order valence-corrected chi connectivity index (χ2v) is 2.11. The molecular weight excluding hydrogens is 165 g/mol. The first-order chi connectivity index (χ1) is 4.76. The Morgan fingerprint density at radius 1 is 1.45 bits per heavy atom. The first-order valence-corrected chi connectivity index (χ1v) is 2.74. The van der Waals surface area contributed by atoms with Gasteiger partial charge < -0.3 is 10.2 Å². The van der Waals surface area contributed by atoms with Crippen LogP contribution in [0.3, 0.4) is 0 Å². The smallest absolute Gasteiger partial charge is 0.394 e. The molecule has 2 unspecified atom stereocenters. The largest absolute Gasteiger partial charge is 0.479 e. The highest BCUT2D eigenvalue weighted by atomic mass is 19.4. The third-order valence-electron chi connectivity index (χ3n) is 1.24. The lowest BCUT2D eigenvalue weighted by Crippen LogP contribution is -2.37. The number of aliphatic hydroxyl groups excluding tert-OH is 1. The Morgan fingerprint density at radius 2 is 1.82 bits per heavy atom. The van der Waals surface area contributed by atoms with Crippen LogP contribution in [-0.2, 0) is 4.79 Å². The van der Waals surface area contributed by atoms with E-state index in [1.165, 1.54) is 0 Å². The third-order valence-corrected chi connectivity index (χ3v) is 1.24. The van der Waals surface area contributed by atoms with Gasteiger partial charge in [0.05, 0.1) is 5.92 Å². The van der Waals surface area contributed by atoms with Gasteiger partial charge in [-0.15, -0.1) is 0 Å². The first-order valence-electron chi connectivity index (χ1n) is 2.74. The second kappa shape index (κ2) is 3.08. The van der Waals surface area contributed by atoms with E-state index >= 15 is 0 Å². The summed E-state index contributed by atoms with van der Waals surface area (Å²) in [5.74, 6) is -4.10.